The summed E-state index contributed by atoms with van der Waals surface area (Å²) >= 11 is 0. The number of hydrogen-bond acceptors (Lipinski definition) is 1. The lowest BCUT2D eigenvalue weighted by molar-refractivity contribution is 0.422. The zero-order valence-corrected chi connectivity index (χ0v) is 11.7. The maximum absolute atomic E-state index is 12.9. The molecule has 1 rings (SSSR count). The molecule has 0 spiro atoms. The first-order chi connectivity index (χ1) is 7.76. The van der Waals surface area contributed by atoms with E-state index in [0.29, 0.717) is 12.0 Å². The lowest BCUT2D eigenvalue weighted by atomic mass is 10.1. The molecular formula is C13H18F2OSi. The maximum Gasteiger partial charge on any atom is 0.241 e. The van der Waals surface area contributed by atoms with Gasteiger partial charge in [-0.3, -0.25) is 0 Å². The Bertz CT molecular complexity index is 402. The maximum atomic E-state index is 12.9. The summed E-state index contributed by atoms with van der Waals surface area (Å²) in [4.78, 5) is 0. The van der Waals surface area contributed by atoms with E-state index >= 15 is 0 Å². The molecule has 1 aromatic carbocycles. The third-order valence-electron chi connectivity index (χ3n) is 2.01. The van der Waals surface area contributed by atoms with Crippen LogP contribution in [-0.2, 0) is 10.8 Å². The van der Waals surface area contributed by atoms with E-state index in [1.165, 1.54) is 12.1 Å². The minimum Gasteiger partial charge on any atom is -0.548 e. The predicted octanol–water partition coefficient (Wildman–Crippen LogP) is 4.26. The van der Waals surface area contributed by atoms with Gasteiger partial charge in [0.2, 0.25) is 8.32 Å². The van der Waals surface area contributed by atoms with Gasteiger partial charge in [0, 0.05) is 6.07 Å². The van der Waals surface area contributed by atoms with E-state index in [0.717, 1.165) is 11.8 Å². The van der Waals surface area contributed by atoms with Gasteiger partial charge in [-0.25, -0.2) is 8.78 Å². The van der Waals surface area contributed by atoms with Crippen molar-refractivity contribution in [3.05, 3.63) is 47.2 Å². The summed E-state index contributed by atoms with van der Waals surface area (Å²) in [6.45, 7) is 8.14. The third-order valence-corrected chi connectivity index (χ3v) is 2.95. The van der Waals surface area contributed by atoms with Crippen LogP contribution in [0.3, 0.4) is 0 Å². The van der Waals surface area contributed by atoms with Gasteiger partial charge in [0.15, 0.2) is 0 Å². The van der Waals surface area contributed by atoms with E-state index < -0.39 is 20.0 Å². The zero-order chi connectivity index (χ0) is 13.1. The van der Waals surface area contributed by atoms with Crippen LogP contribution in [-0.4, -0.2) is 8.32 Å². The molecule has 94 valence electrons. The quantitative estimate of drug-likeness (QED) is 0.577. The minimum atomic E-state index is -1.60. The molecule has 0 saturated carbocycles. The van der Waals surface area contributed by atoms with Gasteiger partial charge in [-0.2, -0.15) is 0 Å². The average molecular weight is 256 g/mol. The number of rotatable bonds is 4. The fourth-order valence-corrected chi connectivity index (χ4v) is 2.56. The summed E-state index contributed by atoms with van der Waals surface area (Å²) in [7, 11) is -1.60. The second-order valence-electron chi connectivity index (χ2n) is 5.01. The Balaban J connectivity index is 2.69. The van der Waals surface area contributed by atoms with E-state index in [1.54, 1.807) is 0 Å². The van der Waals surface area contributed by atoms with Gasteiger partial charge in [-0.15, -0.1) is 0 Å². The van der Waals surface area contributed by atoms with Crippen LogP contribution in [0.25, 0.3) is 0 Å². The van der Waals surface area contributed by atoms with Crippen LogP contribution < -0.4 is 0 Å². The van der Waals surface area contributed by atoms with Crippen LogP contribution in [0.1, 0.15) is 12.5 Å². The zero-order valence-electron chi connectivity index (χ0n) is 10.7. The van der Waals surface area contributed by atoms with Crippen LogP contribution in [0, 0.1) is 11.6 Å². The van der Waals surface area contributed by atoms with Crippen LogP contribution in [0.4, 0.5) is 8.78 Å². The Morgan fingerprint density at radius 2 is 1.71 bits per heavy atom. The first-order valence-corrected chi connectivity index (χ1v) is 8.98. The molecule has 4 heteroatoms. The average Bonchev–Trinajstić information content (AvgIpc) is 2.10. The molecule has 1 aromatic rings. The molecule has 0 aliphatic carbocycles. The molecule has 0 aromatic heterocycles. The number of hydrogen-bond donors (Lipinski definition) is 0. The van der Waals surface area contributed by atoms with Crippen LogP contribution in [0.5, 0.6) is 0 Å². The van der Waals surface area contributed by atoms with Gasteiger partial charge in [-0.05, 0) is 56.8 Å². The fraction of sp³-hybridized carbons (Fsp3) is 0.385. The molecule has 0 unspecified atom stereocenters. The van der Waals surface area contributed by atoms with E-state index in [4.69, 9.17) is 4.43 Å². The third kappa shape index (κ3) is 5.63. The van der Waals surface area contributed by atoms with Crippen LogP contribution >= 0.6 is 0 Å². The van der Waals surface area contributed by atoms with Crippen molar-refractivity contribution >= 4 is 8.32 Å². The molecule has 1 nitrogen and oxygen atoms in total. The molecule has 0 heterocycles. The van der Waals surface area contributed by atoms with Crippen molar-refractivity contribution in [3.63, 3.8) is 0 Å². The lowest BCUT2D eigenvalue weighted by Crippen LogP contribution is -2.24. The number of benzene rings is 1. The Kier molecular flexibility index (Phi) is 4.45. The standard InChI is InChI=1S/C13H18F2OSi/c1-10(16-17(2,3)4)5-6-11-7-12(14)9-13(15)8-11/h5,7-9H,6H2,1-4H3/b10-5-. The largest absolute Gasteiger partial charge is 0.548 e. The summed E-state index contributed by atoms with van der Waals surface area (Å²) in [5, 5.41) is 0. The topological polar surface area (TPSA) is 9.23 Å². The van der Waals surface area contributed by atoms with E-state index in [-0.39, 0.29) is 0 Å². The molecule has 0 fully saturated rings. The second kappa shape index (κ2) is 5.45. The highest BCUT2D eigenvalue weighted by Crippen LogP contribution is 2.13. The number of halogens is 2. The minimum absolute atomic E-state index is 0.477. The molecule has 0 saturated heterocycles. The summed E-state index contributed by atoms with van der Waals surface area (Å²) in [6.07, 6.45) is 2.33. The normalized spacial score (nSPS) is 12.7. The monoisotopic (exact) mass is 256 g/mol. The van der Waals surface area contributed by atoms with Gasteiger partial charge < -0.3 is 4.43 Å². The number of allylic oxidation sites excluding steroid dienone is 2. The van der Waals surface area contributed by atoms with Crippen molar-refractivity contribution in [1.29, 1.82) is 0 Å². The molecule has 0 bridgehead atoms. The molecule has 0 radical (unpaired) electrons. The van der Waals surface area contributed by atoms with Gasteiger partial charge in [-0.1, -0.05) is 0 Å². The Labute approximate surface area is 102 Å². The Morgan fingerprint density at radius 3 is 2.18 bits per heavy atom. The summed E-state index contributed by atoms with van der Waals surface area (Å²) in [6, 6.07) is 3.54. The molecular weight excluding hydrogens is 238 g/mol. The summed E-state index contributed by atoms with van der Waals surface area (Å²) in [5.41, 5.74) is 0.612. The van der Waals surface area contributed by atoms with Crippen molar-refractivity contribution in [1.82, 2.24) is 0 Å². The summed E-state index contributed by atoms with van der Waals surface area (Å²) in [5.74, 6) is -0.275. The Morgan fingerprint density at radius 1 is 1.18 bits per heavy atom. The van der Waals surface area contributed by atoms with Crippen molar-refractivity contribution in [2.24, 2.45) is 0 Å². The van der Waals surface area contributed by atoms with Crippen molar-refractivity contribution in [3.8, 4) is 0 Å². The lowest BCUT2D eigenvalue weighted by Gasteiger charge is -2.19. The van der Waals surface area contributed by atoms with Crippen LogP contribution in [0.15, 0.2) is 30.0 Å². The van der Waals surface area contributed by atoms with E-state index in [9.17, 15) is 8.78 Å². The smallest absolute Gasteiger partial charge is 0.241 e. The molecule has 0 aliphatic rings. The van der Waals surface area contributed by atoms with Gasteiger partial charge >= 0.3 is 0 Å². The second-order valence-corrected chi connectivity index (χ2v) is 9.44. The van der Waals surface area contributed by atoms with Gasteiger partial charge in [0.05, 0.1) is 5.76 Å². The van der Waals surface area contributed by atoms with E-state index in [2.05, 4.69) is 19.6 Å². The van der Waals surface area contributed by atoms with Gasteiger partial charge in [0.25, 0.3) is 0 Å². The van der Waals surface area contributed by atoms with Crippen molar-refractivity contribution in [2.45, 2.75) is 33.0 Å². The molecule has 0 amide bonds. The van der Waals surface area contributed by atoms with Crippen molar-refractivity contribution in [2.75, 3.05) is 0 Å². The highest BCUT2D eigenvalue weighted by molar-refractivity contribution is 6.70. The first-order valence-electron chi connectivity index (χ1n) is 5.57. The fourth-order valence-electron chi connectivity index (χ4n) is 1.52. The SMILES string of the molecule is C/C(=C/Cc1cc(F)cc(F)c1)O[Si](C)(C)C. The van der Waals surface area contributed by atoms with Gasteiger partial charge in [0.1, 0.15) is 11.6 Å². The molecule has 0 aliphatic heterocycles. The molecule has 0 N–H and O–H groups in total. The Hall–Kier alpha value is -1.16. The van der Waals surface area contributed by atoms with E-state index in [1.807, 2.05) is 13.0 Å². The first kappa shape index (κ1) is 13.9. The molecule has 17 heavy (non-hydrogen) atoms. The highest BCUT2D eigenvalue weighted by Gasteiger charge is 2.15. The van der Waals surface area contributed by atoms with Crippen molar-refractivity contribution < 1.29 is 13.2 Å². The predicted molar refractivity (Wildman–Crippen MR) is 68.3 cm³/mol. The van der Waals surface area contributed by atoms with Crippen LogP contribution in [0.2, 0.25) is 19.6 Å². The molecule has 0 atom stereocenters. The highest BCUT2D eigenvalue weighted by atomic mass is 28.4. The summed E-state index contributed by atoms with van der Waals surface area (Å²) < 4.78 is 31.6.